The first-order valence-electron chi connectivity index (χ1n) is 9.06. The largest absolute Gasteiger partial charge is 0.493 e. The highest BCUT2D eigenvalue weighted by molar-refractivity contribution is 5.93. The van der Waals surface area contributed by atoms with Crippen LogP contribution in [0.4, 0.5) is 5.69 Å². The van der Waals surface area contributed by atoms with Crippen LogP contribution in [0.2, 0.25) is 0 Å². The number of aliphatic imine (C=N–C) groups is 1. The molecule has 0 bridgehead atoms. The normalized spacial score (nSPS) is 11.4. The van der Waals surface area contributed by atoms with Gasteiger partial charge in [0.15, 0.2) is 5.96 Å². The minimum Gasteiger partial charge on any atom is -0.493 e. The van der Waals surface area contributed by atoms with Gasteiger partial charge in [-0.05, 0) is 38.3 Å². The SMILES string of the molecule is CCNC(=NCCCCCOC)Nc1cccc(OCCCOC)c1. The molecule has 0 aliphatic carbocycles. The van der Waals surface area contributed by atoms with E-state index in [2.05, 4.69) is 22.5 Å². The molecule has 0 aliphatic rings. The van der Waals surface area contributed by atoms with E-state index in [0.29, 0.717) is 13.2 Å². The van der Waals surface area contributed by atoms with Crippen LogP contribution in [0.3, 0.4) is 0 Å². The number of nitrogens with one attached hydrogen (secondary N) is 2. The van der Waals surface area contributed by atoms with Crippen LogP contribution in [-0.2, 0) is 9.47 Å². The Morgan fingerprint density at radius 3 is 2.56 bits per heavy atom. The van der Waals surface area contributed by atoms with Crippen LogP contribution in [-0.4, -0.2) is 53.1 Å². The molecule has 0 fully saturated rings. The minimum atomic E-state index is 0.646. The van der Waals surface area contributed by atoms with Crippen molar-refractivity contribution in [3.05, 3.63) is 24.3 Å². The molecule has 6 heteroatoms. The fourth-order valence-corrected chi connectivity index (χ4v) is 2.23. The molecule has 0 saturated carbocycles. The van der Waals surface area contributed by atoms with Crippen molar-refractivity contribution in [2.45, 2.75) is 32.6 Å². The van der Waals surface area contributed by atoms with Gasteiger partial charge in [-0.2, -0.15) is 0 Å². The summed E-state index contributed by atoms with van der Waals surface area (Å²) < 4.78 is 15.8. The predicted octanol–water partition coefficient (Wildman–Crippen LogP) is 3.30. The summed E-state index contributed by atoms with van der Waals surface area (Å²) in [6.07, 6.45) is 4.14. The summed E-state index contributed by atoms with van der Waals surface area (Å²) in [6, 6.07) is 7.92. The summed E-state index contributed by atoms with van der Waals surface area (Å²) in [5.74, 6) is 1.64. The Morgan fingerprint density at radius 2 is 1.80 bits per heavy atom. The van der Waals surface area contributed by atoms with Crippen molar-refractivity contribution in [1.29, 1.82) is 0 Å². The van der Waals surface area contributed by atoms with Crippen molar-refractivity contribution >= 4 is 11.6 Å². The van der Waals surface area contributed by atoms with E-state index in [4.69, 9.17) is 14.2 Å². The highest BCUT2D eigenvalue weighted by atomic mass is 16.5. The Labute approximate surface area is 152 Å². The van der Waals surface area contributed by atoms with Crippen LogP contribution >= 0.6 is 0 Å². The zero-order valence-corrected chi connectivity index (χ0v) is 15.8. The molecule has 0 aliphatic heterocycles. The fourth-order valence-electron chi connectivity index (χ4n) is 2.23. The maximum atomic E-state index is 5.73. The standard InChI is InChI=1S/C19H33N3O3/c1-4-20-19(21-12-6-5-7-13-23-2)22-17-10-8-11-18(16-17)25-15-9-14-24-3/h8,10-11,16H,4-7,9,12-15H2,1-3H3,(H2,20,21,22). The molecule has 0 spiro atoms. The lowest BCUT2D eigenvalue weighted by Gasteiger charge is -2.13. The van der Waals surface area contributed by atoms with E-state index in [1.165, 1.54) is 0 Å². The first-order chi connectivity index (χ1) is 12.3. The lowest BCUT2D eigenvalue weighted by molar-refractivity contribution is 0.172. The van der Waals surface area contributed by atoms with Crippen molar-refractivity contribution < 1.29 is 14.2 Å². The topological polar surface area (TPSA) is 64.1 Å². The second-order valence-corrected chi connectivity index (χ2v) is 5.66. The van der Waals surface area contributed by atoms with Gasteiger partial charge in [0, 0.05) is 58.7 Å². The fraction of sp³-hybridized carbons (Fsp3) is 0.632. The Kier molecular flexibility index (Phi) is 12.4. The van der Waals surface area contributed by atoms with E-state index in [9.17, 15) is 0 Å². The van der Waals surface area contributed by atoms with Gasteiger partial charge in [0.05, 0.1) is 6.61 Å². The lowest BCUT2D eigenvalue weighted by atomic mass is 10.2. The molecular formula is C19H33N3O3. The van der Waals surface area contributed by atoms with Gasteiger partial charge in [-0.15, -0.1) is 0 Å². The summed E-state index contributed by atoms with van der Waals surface area (Å²) in [5.41, 5.74) is 0.961. The summed E-state index contributed by atoms with van der Waals surface area (Å²) in [4.78, 5) is 4.62. The summed E-state index contributed by atoms with van der Waals surface area (Å²) >= 11 is 0. The maximum absolute atomic E-state index is 5.73. The predicted molar refractivity (Wildman–Crippen MR) is 104 cm³/mol. The number of rotatable bonds is 13. The molecular weight excluding hydrogens is 318 g/mol. The molecule has 0 amide bonds. The second kappa shape index (κ2) is 14.5. The van der Waals surface area contributed by atoms with Gasteiger partial charge < -0.3 is 24.8 Å². The molecule has 142 valence electrons. The maximum Gasteiger partial charge on any atom is 0.195 e. The smallest absolute Gasteiger partial charge is 0.195 e. The number of hydrogen-bond donors (Lipinski definition) is 2. The van der Waals surface area contributed by atoms with Gasteiger partial charge in [0.25, 0.3) is 0 Å². The van der Waals surface area contributed by atoms with Crippen LogP contribution < -0.4 is 15.4 Å². The van der Waals surface area contributed by atoms with E-state index in [-0.39, 0.29) is 0 Å². The zero-order valence-electron chi connectivity index (χ0n) is 15.8. The molecule has 0 heterocycles. The summed E-state index contributed by atoms with van der Waals surface area (Å²) in [6.45, 7) is 5.85. The van der Waals surface area contributed by atoms with Crippen LogP contribution in [0.5, 0.6) is 5.75 Å². The number of ether oxygens (including phenoxy) is 3. The summed E-state index contributed by atoms with van der Waals surface area (Å²) in [7, 11) is 3.44. The molecule has 0 saturated heterocycles. The van der Waals surface area contributed by atoms with Gasteiger partial charge in [0.1, 0.15) is 5.75 Å². The average Bonchev–Trinajstić information content (AvgIpc) is 2.62. The number of nitrogens with zero attached hydrogens (tertiary/aromatic N) is 1. The zero-order chi connectivity index (χ0) is 18.2. The third-order valence-electron chi connectivity index (χ3n) is 3.48. The van der Waals surface area contributed by atoms with E-state index >= 15 is 0 Å². The summed E-state index contributed by atoms with van der Waals surface area (Å²) in [5, 5.41) is 6.60. The van der Waals surface area contributed by atoms with E-state index in [0.717, 1.165) is 62.8 Å². The van der Waals surface area contributed by atoms with Crippen molar-refractivity contribution in [2.75, 3.05) is 52.4 Å². The average molecular weight is 351 g/mol. The molecule has 0 unspecified atom stereocenters. The van der Waals surface area contributed by atoms with Gasteiger partial charge in [-0.25, -0.2) is 0 Å². The number of benzene rings is 1. The molecule has 0 radical (unpaired) electrons. The van der Waals surface area contributed by atoms with Gasteiger partial charge >= 0.3 is 0 Å². The first kappa shape index (κ1) is 21.3. The third-order valence-corrected chi connectivity index (χ3v) is 3.48. The van der Waals surface area contributed by atoms with E-state index < -0.39 is 0 Å². The Morgan fingerprint density at radius 1 is 1.00 bits per heavy atom. The van der Waals surface area contributed by atoms with Crippen LogP contribution in [0.15, 0.2) is 29.3 Å². The number of guanidine groups is 1. The molecule has 1 aromatic rings. The van der Waals surface area contributed by atoms with E-state index in [1.54, 1.807) is 14.2 Å². The second-order valence-electron chi connectivity index (χ2n) is 5.66. The molecule has 0 aromatic heterocycles. The van der Waals surface area contributed by atoms with Crippen molar-refractivity contribution in [2.24, 2.45) is 4.99 Å². The lowest BCUT2D eigenvalue weighted by Crippen LogP contribution is -2.30. The third kappa shape index (κ3) is 10.6. The Bertz CT molecular complexity index is 481. The van der Waals surface area contributed by atoms with Crippen LogP contribution in [0.1, 0.15) is 32.6 Å². The van der Waals surface area contributed by atoms with E-state index in [1.807, 2.05) is 24.3 Å². The van der Waals surface area contributed by atoms with Gasteiger partial charge in [-0.1, -0.05) is 6.07 Å². The minimum absolute atomic E-state index is 0.646. The van der Waals surface area contributed by atoms with Crippen molar-refractivity contribution in [1.82, 2.24) is 5.32 Å². The molecule has 0 atom stereocenters. The molecule has 1 rings (SSSR count). The highest BCUT2D eigenvalue weighted by Crippen LogP contribution is 2.17. The highest BCUT2D eigenvalue weighted by Gasteiger charge is 2.01. The first-order valence-corrected chi connectivity index (χ1v) is 9.06. The molecule has 25 heavy (non-hydrogen) atoms. The Hall–Kier alpha value is -1.79. The molecule has 6 nitrogen and oxygen atoms in total. The van der Waals surface area contributed by atoms with Crippen molar-refractivity contribution in [3.63, 3.8) is 0 Å². The number of hydrogen-bond acceptors (Lipinski definition) is 4. The number of anilines is 1. The van der Waals surface area contributed by atoms with Crippen LogP contribution in [0, 0.1) is 0 Å². The van der Waals surface area contributed by atoms with Crippen molar-refractivity contribution in [3.8, 4) is 5.75 Å². The van der Waals surface area contributed by atoms with Gasteiger partial charge in [-0.3, -0.25) is 4.99 Å². The quantitative estimate of drug-likeness (QED) is 0.324. The Balaban J connectivity index is 2.47. The number of unbranched alkanes of at least 4 members (excludes halogenated alkanes) is 2. The molecule has 2 N–H and O–H groups in total. The van der Waals surface area contributed by atoms with Crippen LogP contribution in [0.25, 0.3) is 0 Å². The van der Waals surface area contributed by atoms with Gasteiger partial charge in [0.2, 0.25) is 0 Å². The monoisotopic (exact) mass is 351 g/mol. The number of methoxy groups -OCH3 is 2. The molecule has 1 aromatic carbocycles.